The van der Waals surface area contributed by atoms with Gasteiger partial charge in [-0.1, -0.05) is 0 Å². The summed E-state index contributed by atoms with van der Waals surface area (Å²) in [6.07, 6.45) is 3.17. The predicted octanol–water partition coefficient (Wildman–Crippen LogP) is 2.31. The molecule has 2 aromatic rings. The number of Topliss-reactive ketones (excluding diaryl/α,β-unsaturated/α-hetero) is 1. The average molecular weight is 201 g/mol. The molecule has 0 fully saturated rings. The third-order valence-electron chi connectivity index (χ3n) is 3.03. The van der Waals surface area contributed by atoms with Crippen LogP contribution in [0, 0.1) is 0 Å². The summed E-state index contributed by atoms with van der Waals surface area (Å²) in [6, 6.07) is 3.91. The first kappa shape index (κ1) is 8.53. The van der Waals surface area contributed by atoms with Crippen molar-refractivity contribution in [3.63, 3.8) is 0 Å². The molecule has 0 unspecified atom stereocenters. The van der Waals surface area contributed by atoms with Crippen molar-refractivity contribution >= 4 is 16.7 Å². The summed E-state index contributed by atoms with van der Waals surface area (Å²) in [5.41, 5.74) is 2.99. The van der Waals surface area contributed by atoms with Gasteiger partial charge in [0, 0.05) is 34.6 Å². The van der Waals surface area contributed by atoms with Crippen LogP contribution in [0.1, 0.15) is 22.3 Å². The van der Waals surface area contributed by atoms with Crippen LogP contribution < -0.4 is 4.74 Å². The normalized spacial score (nSPS) is 14.6. The summed E-state index contributed by atoms with van der Waals surface area (Å²) in [5, 5.41) is 1.05. The van der Waals surface area contributed by atoms with Crippen molar-refractivity contribution in [3.05, 3.63) is 29.5 Å². The molecule has 0 atom stereocenters. The number of ether oxygens (including phenoxy) is 1. The van der Waals surface area contributed by atoms with Crippen LogP contribution in [0.3, 0.4) is 0 Å². The van der Waals surface area contributed by atoms with Gasteiger partial charge in [-0.25, -0.2) is 0 Å². The lowest BCUT2D eigenvalue weighted by molar-refractivity contribution is 0.0981. The van der Waals surface area contributed by atoms with E-state index < -0.39 is 0 Å². The van der Waals surface area contributed by atoms with Crippen LogP contribution >= 0.6 is 0 Å². The number of aromatic amines is 1. The van der Waals surface area contributed by atoms with Crippen LogP contribution in [-0.4, -0.2) is 17.9 Å². The summed E-state index contributed by atoms with van der Waals surface area (Å²) in [5.74, 6) is 1.11. The minimum atomic E-state index is 0.224. The fraction of sp³-hybridized carbons (Fsp3) is 0.250. The van der Waals surface area contributed by atoms with Gasteiger partial charge in [-0.05, 0) is 18.6 Å². The third-order valence-corrected chi connectivity index (χ3v) is 3.03. The fourth-order valence-electron chi connectivity index (χ4n) is 2.31. The zero-order valence-corrected chi connectivity index (χ0v) is 8.46. The van der Waals surface area contributed by atoms with Gasteiger partial charge in [0.25, 0.3) is 0 Å². The molecule has 0 radical (unpaired) electrons. The van der Waals surface area contributed by atoms with E-state index >= 15 is 0 Å². The van der Waals surface area contributed by atoms with E-state index in [1.807, 2.05) is 12.1 Å². The molecule has 76 valence electrons. The second-order valence-electron chi connectivity index (χ2n) is 3.79. The molecule has 3 rings (SSSR count). The number of carbonyl (C=O) groups excluding carboxylic acids is 1. The lowest BCUT2D eigenvalue weighted by Crippen LogP contribution is -2.08. The van der Waals surface area contributed by atoms with Crippen molar-refractivity contribution in [2.75, 3.05) is 7.11 Å². The summed E-state index contributed by atoms with van der Waals surface area (Å²) in [7, 11) is 1.67. The molecule has 0 saturated heterocycles. The van der Waals surface area contributed by atoms with E-state index in [0.717, 1.165) is 34.2 Å². The van der Waals surface area contributed by atoms with Gasteiger partial charge in [-0.3, -0.25) is 4.79 Å². The largest absolute Gasteiger partial charge is 0.496 e. The molecule has 1 heterocycles. The number of aryl methyl sites for hydroxylation is 1. The summed E-state index contributed by atoms with van der Waals surface area (Å²) >= 11 is 0. The Morgan fingerprint density at radius 3 is 3.00 bits per heavy atom. The van der Waals surface area contributed by atoms with E-state index in [-0.39, 0.29) is 5.78 Å². The number of H-pyrrole nitrogens is 1. The van der Waals surface area contributed by atoms with Gasteiger partial charge in [0.1, 0.15) is 5.75 Å². The molecule has 0 amide bonds. The Morgan fingerprint density at radius 1 is 1.33 bits per heavy atom. The number of aromatic nitrogens is 1. The molecule has 1 N–H and O–H groups in total. The second-order valence-corrected chi connectivity index (χ2v) is 3.79. The lowest BCUT2D eigenvalue weighted by Gasteiger charge is -2.14. The predicted molar refractivity (Wildman–Crippen MR) is 57.5 cm³/mol. The van der Waals surface area contributed by atoms with Gasteiger partial charge in [0.15, 0.2) is 5.78 Å². The van der Waals surface area contributed by atoms with Crippen LogP contribution in [0.4, 0.5) is 0 Å². The summed E-state index contributed by atoms with van der Waals surface area (Å²) in [6.45, 7) is 0. The van der Waals surface area contributed by atoms with Gasteiger partial charge >= 0.3 is 0 Å². The highest BCUT2D eigenvalue weighted by atomic mass is 16.5. The van der Waals surface area contributed by atoms with Crippen molar-refractivity contribution in [1.82, 2.24) is 4.98 Å². The van der Waals surface area contributed by atoms with Gasteiger partial charge in [0.2, 0.25) is 0 Å². The monoisotopic (exact) mass is 201 g/mol. The summed E-state index contributed by atoms with van der Waals surface area (Å²) < 4.78 is 5.31. The molecular formula is C12H11NO2. The van der Waals surface area contributed by atoms with Crippen molar-refractivity contribution in [3.8, 4) is 5.75 Å². The molecule has 15 heavy (non-hydrogen) atoms. The van der Waals surface area contributed by atoms with Gasteiger partial charge < -0.3 is 9.72 Å². The van der Waals surface area contributed by atoms with E-state index in [9.17, 15) is 4.79 Å². The van der Waals surface area contributed by atoms with Gasteiger partial charge in [0.05, 0.1) is 7.11 Å². The molecule has 1 aliphatic carbocycles. The number of methoxy groups -OCH3 is 1. The first-order valence-corrected chi connectivity index (χ1v) is 5.01. The molecule has 0 bridgehead atoms. The highest BCUT2D eigenvalue weighted by Gasteiger charge is 2.22. The number of benzene rings is 1. The lowest BCUT2D eigenvalue weighted by atomic mass is 9.91. The Hall–Kier alpha value is -1.77. The maximum atomic E-state index is 11.7. The molecule has 1 aromatic carbocycles. The zero-order chi connectivity index (χ0) is 10.4. The Kier molecular flexibility index (Phi) is 1.63. The SMILES string of the molecule is COc1ccc2[nH]cc3c2c1CCC3=O. The Bertz CT molecular complexity index is 554. The molecule has 0 aliphatic heterocycles. The summed E-state index contributed by atoms with van der Waals surface area (Å²) in [4.78, 5) is 14.8. The van der Waals surface area contributed by atoms with Crippen molar-refractivity contribution in [2.24, 2.45) is 0 Å². The van der Waals surface area contributed by atoms with Crippen LogP contribution in [0.15, 0.2) is 18.3 Å². The minimum Gasteiger partial charge on any atom is -0.496 e. The first-order chi connectivity index (χ1) is 7.31. The Labute approximate surface area is 87.1 Å². The van der Waals surface area contributed by atoms with E-state index in [4.69, 9.17) is 4.74 Å². The number of nitrogens with one attached hydrogen (secondary N) is 1. The maximum Gasteiger partial charge on any atom is 0.165 e. The standard InChI is InChI=1S/C12H11NO2/c1-15-11-5-3-9-12-7(11)2-4-10(14)8(12)6-13-9/h3,5-6,13H,2,4H2,1H3. The van der Waals surface area contributed by atoms with Crippen molar-refractivity contribution in [1.29, 1.82) is 0 Å². The first-order valence-electron chi connectivity index (χ1n) is 5.01. The zero-order valence-electron chi connectivity index (χ0n) is 8.46. The number of hydrogen-bond acceptors (Lipinski definition) is 2. The highest BCUT2D eigenvalue weighted by Crippen LogP contribution is 2.35. The number of ketones is 1. The topological polar surface area (TPSA) is 42.1 Å². The quantitative estimate of drug-likeness (QED) is 0.769. The second kappa shape index (κ2) is 2.86. The smallest absolute Gasteiger partial charge is 0.165 e. The van der Waals surface area contributed by atoms with Gasteiger partial charge in [-0.2, -0.15) is 0 Å². The van der Waals surface area contributed by atoms with Crippen LogP contribution in [0.25, 0.3) is 10.9 Å². The van der Waals surface area contributed by atoms with Crippen LogP contribution in [-0.2, 0) is 6.42 Å². The molecule has 1 aliphatic rings. The molecule has 0 spiro atoms. The average Bonchev–Trinajstić information content (AvgIpc) is 2.69. The van der Waals surface area contributed by atoms with Crippen LogP contribution in [0.2, 0.25) is 0 Å². The van der Waals surface area contributed by atoms with Crippen LogP contribution in [0.5, 0.6) is 5.75 Å². The Morgan fingerprint density at radius 2 is 2.20 bits per heavy atom. The minimum absolute atomic E-state index is 0.224. The van der Waals surface area contributed by atoms with E-state index in [1.165, 1.54) is 0 Å². The van der Waals surface area contributed by atoms with E-state index in [1.54, 1.807) is 13.3 Å². The number of hydrogen-bond donors (Lipinski definition) is 1. The van der Waals surface area contributed by atoms with Crippen molar-refractivity contribution in [2.45, 2.75) is 12.8 Å². The molecule has 3 nitrogen and oxygen atoms in total. The van der Waals surface area contributed by atoms with Crippen molar-refractivity contribution < 1.29 is 9.53 Å². The highest BCUT2D eigenvalue weighted by molar-refractivity contribution is 6.11. The molecule has 1 aromatic heterocycles. The molecule has 0 saturated carbocycles. The number of rotatable bonds is 1. The van der Waals surface area contributed by atoms with E-state index in [2.05, 4.69) is 4.98 Å². The molecular weight excluding hydrogens is 190 g/mol. The third kappa shape index (κ3) is 1.03. The Balaban J connectivity index is 2.44. The fourth-order valence-corrected chi connectivity index (χ4v) is 2.31. The maximum absolute atomic E-state index is 11.7. The van der Waals surface area contributed by atoms with E-state index in [0.29, 0.717) is 6.42 Å². The molecule has 3 heteroatoms. The van der Waals surface area contributed by atoms with Gasteiger partial charge in [-0.15, -0.1) is 0 Å². The number of carbonyl (C=O) groups is 1.